The van der Waals surface area contributed by atoms with E-state index in [9.17, 15) is 4.79 Å². The number of rotatable bonds is 4. The van der Waals surface area contributed by atoms with E-state index in [1.807, 2.05) is 24.3 Å². The Morgan fingerprint density at radius 2 is 1.78 bits per heavy atom. The number of carboxylic acids is 1. The summed E-state index contributed by atoms with van der Waals surface area (Å²) < 4.78 is 6.72. The van der Waals surface area contributed by atoms with Crippen LogP contribution in [0.25, 0.3) is 0 Å². The number of halogens is 1. The average molecular weight is 354 g/mol. The Balaban J connectivity index is 2.02. The molecule has 2 rings (SSSR count). The highest BCUT2D eigenvalue weighted by atomic mass is 127. The third-order valence-corrected chi connectivity index (χ3v) is 3.32. The maximum Gasteiger partial charge on any atom is 0.335 e. The van der Waals surface area contributed by atoms with E-state index in [-0.39, 0.29) is 5.56 Å². The number of carbonyl (C=O) groups is 1. The van der Waals surface area contributed by atoms with Gasteiger partial charge in [-0.2, -0.15) is 0 Å². The van der Waals surface area contributed by atoms with Gasteiger partial charge >= 0.3 is 5.97 Å². The molecule has 0 saturated carbocycles. The van der Waals surface area contributed by atoms with E-state index in [0.717, 1.165) is 14.9 Å². The van der Waals surface area contributed by atoms with Crippen molar-refractivity contribution in [1.29, 1.82) is 0 Å². The fraction of sp³-hybridized carbons (Fsp3) is 0.0714. The zero-order valence-corrected chi connectivity index (χ0v) is 11.6. The lowest BCUT2D eigenvalue weighted by Crippen LogP contribution is -1.99. The topological polar surface area (TPSA) is 46.5 Å². The lowest BCUT2D eigenvalue weighted by Gasteiger charge is -2.08. The van der Waals surface area contributed by atoms with Crippen molar-refractivity contribution in [2.45, 2.75) is 6.61 Å². The van der Waals surface area contributed by atoms with Crippen LogP contribution in [-0.4, -0.2) is 11.1 Å². The number of para-hydroxylation sites is 1. The van der Waals surface area contributed by atoms with E-state index >= 15 is 0 Å². The summed E-state index contributed by atoms with van der Waals surface area (Å²) in [7, 11) is 0. The monoisotopic (exact) mass is 354 g/mol. The summed E-state index contributed by atoms with van der Waals surface area (Å²) in [4.78, 5) is 10.7. The molecule has 0 bridgehead atoms. The summed E-state index contributed by atoms with van der Waals surface area (Å²) in [5, 5.41) is 8.79. The van der Waals surface area contributed by atoms with E-state index in [2.05, 4.69) is 22.6 Å². The average Bonchev–Trinajstić information content (AvgIpc) is 2.38. The van der Waals surface area contributed by atoms with Crippen LogP contribution in [0.3, 0.4) is 0 Å². The number of ether oxygens (including phenoxy) is 1. The summed E-state index contributed by atoms with van der Waals surface area (Å²) >= 11 is 2.21. The van der Waals surface area contributed by atoms with Gasteiger partial charge in [0, 0.05) is 0 Å². The molecule has 0 aliphatic rings. The molecule has 4 heteroatoms. The Hall–Kier alpha value is -1.56. The van der Waals surface area contributed by atoms with Gasteiger partial charge in [0.25, 0.3) is 0 Å². The van der Waals surface area contributed by atoms with Gasteiger partial charge in [-0.1, -0.05) is 24.3 Å². The summed E-state index contributed by atoms with van der Waals surface area (Å²) in [6, 6.07) is 14.4. The minimum absolute atomic E-state index is 0.285. The zero-order chi connectivity index (χ0) is 13.0. The second-order valence-electron chi connectivity index (χ2n) is 3.72. The van der Waals surface area contributed by atoms with Crippen molar-refractivity contribution in [3.05, 3.63) is 63.2 Å². The van der Waals surface area contributed by atoms with Gasteiger partial charge in [-0.25, -0.2) is 4.79 Å². The molecule has 0 unspecified atom stereocenters. The van der Waals surface area contributed by atoms with Gasteiger partial charge in [0.2, 0.25) is 0 Å². The first-order valence-electron chi connectivity index (χ1n) is 5.36. The molecule has 0 aliphatic heterocycles. The number of hydrogen-bond donors (Lipinski definition) is 1. The first kappa shape index (κ1) is 12.9. The molecule has 0 aliphatic carbocycles. The summed E-state index contributed by atoms with van der Waals surface area (Å²) in [6.45, 7) is 0.430. The molecule has 0 atom stereocenters. The molecule has 0 saturated heterocycles. The van der Waals surface area contributed by atoms with Gasteiger partial charge < -0.3 is 9.84 Å². The molecule has 0 radical (unpaired) electrons. The fourth-order valence-electron chi connectivity index (χ4n) is 1.47. The van der Waals surface area contributed by atoms with E-state index in [0.29, 0.717) is 6.61 Å². The van der Waals surface area contributed by atoms with Gasteiger partial charge in [0.1, 0.15) is 12.4 Å². The molecule has 2 aromatic rings. The largest absolute Gasteiger partial charge is 0.488 e. The number of carboxylic acid groups (broad SMARTS) is 1. The molecule has 2 aromatic carbocycles. The molecule has 0 amide bonds. The van der Waals surface area contributed by atoms with Crippen LogP contribution >= 0.6 is 22.6 Å². The molecule has 18 heavy (non-hydrogen) atoms. The zero-order valence-electron chi connectivity index (χ0n) is 9.47. The van der Waals surface area contributed by atoms with Crippen LogP contribution in [0.2, 0.25) is 0 Å². The highest BCUT2D eigenvalue weighted by Crippen LogP contribution is 2.20. The quantitative estimate of drug-likeness (QED) is 0.854. The van der Waals surface area contributed by atoms with Crippen LogP contribution in [0.1, 0.15) is 15.9 Å². The van der Waals surface area contributed by atoms with Crippen LogP contribution in [-0.2, 0) is 6.61 Å². The molecule has 0 aromatic heterocycles. The van der Waals surface area contributed by atoms with Crippen molar-refractivity contribution < 1.29 is 14.6 Å². The van der Waals surface area contributed by atoms with Crippen LogP contribution < -0.4 is 4.74 Å². The second kappa shape index (κ2) is 5.86. The standard InChI is InChI=1S/C14H11IO3/c15-12-3-1-2-4-13(12)18-9-10-5-7-11(8-6-10)14(16)17/h1-8H,9H2,(H,16,17). The first-order chi connectivity index (χ1) is 8.66. The summed E-state index contributed by atoms with van der Waals surface area (Å²) in [6.07, 6.45) is 0. The van der Waals surface area contributed by atoms with Crippen LogP contribution in [0.4, 0.5) is 0 Å². The summed E-state index contributed by atoms with van der Waals surface area (Å²) in [5.41, 5.74) is 1.23. The molecule has 0 spiro atoms. The van der Waals surface area contributed by atoms with Crippen LogP contribution in [0.5, 0.6) is 5.75 Å². The number of benzene rings is 2. The Morgan fingerprint density at radius 3 is 2.39 bits per heavy atom. The van der Waals surface area contributed by atoms with Gasteiger partial charge in [-0.05, 0) is 52.4 Å². The van der Waals surface area contributed by atoms with Gasteiger partial charge in [-0.3, -0.25) is 0 Å². The van der Waals surface area contributed by atoms with Gasteiger partial charge in [0.05, 0.1) is 9.13 Å². The molecular formula is C14H11IO3. The predicted octanol–water partition coefficient (Wildman–Crippen LogP) is 3.57. The van der Waals surface area contributed by atoms with E-state index in [4.69, 9.17) is 9.84 Å². The highest BCUT2D eigenvalue weighted by molar-refractivity contribution is 14.1. The van der Waals surface area contributed by atoms with Crippen LogP contribution in [0, 0.1) is 3.57 Å². The van der Waals surface area contributed by atoms with Crippen molar-refractivity contribution in [1.82, 2.24) is 0 Å². The highest BCUT2D eigenvalue weighted by Gasteiger charge is 2.03. The van der Waals surface area contributed by atoms with E-state index in [1.165, 1.54) is 0 Å². The first-order valence-corrected chi connectivity index (χ1v) is 6.44. The minimum atomic E-state index is -0.917. The Labute approximate surface area is 119 Å². The molecule has 0 heterocycles. The summed E-state index contributed by atoms with van der Waals surface area (Å²) in [5.74, 6) is -0.0829. The minimum Gasteiger partial charge on any atom is -0.488 e. The molecule has 3 nitrogen and oxygen atoms in total. The van der Waals surface area contributed by atoms with Crippen molar-refractivity contribution >= 4 is 28.6 Å². The third kappa shape index (κ3) is 3.22. The second-order valence-corrected chi connectivity index (χ2v) is 4.88. The third-order valence-electron chi connectivity index (χ3n) is 2.43. The van der Waals surface area contributed by atoms with Gasteiger partial charge in [-0.15, -0.1) is 0 Å². The van der Waals surface area contributed by atoms with Crippen molar-refractivity contribution in [2.24, 2.45) is 0 Å². The predicted molar refractivity (Wildman–Crippen MR) is 76.9 cm³/mol. The smallest absolute Gasteiger partial charge is 0.335 e. The van der Waals surface area contributed by atoms with Crippen molar-refractivity contribution in [3.8, 4) is 5.75 Å². The van der Waals surface area contributed by atoms with E-state index in [1.54, 1.807) is 24.3 Å². The Bertz CT molecular complexity index is 549. The number of hydrogen-bond acceptors (Lipinski definition) is 2. The maximum atomic E-state index is 10.7. The van der Waals surface area contributed by atoms with Crippen molar-refractivity contribution in [2.75, 3.05) is 0 Å². The fourth-order valence-corrected chi connectivity index (χ4v) is 2.01. The van der Waals surface area contributed by atoms with Gasteiger partial charge in [0.15, 0.2) is 0 Å². The lowest BCUT2D eigenvalue weighted by molar-refractivity contribution is 0.0697. The Kier molecular flexibility index (Phi) is 4.19. The molecule has 92 valence electrons. The van der Waals surface area contributed by atoms with Crippen LogP contribution in [0.15, 0.2) is 48.5 Å². The molecular weight excluding hydrogens is 343 g/mol. The molecule has 0 fully saturated rings. The normalized spacial score (nSPS) is 10.1. The van der Waals surface area contributed by atoms with Crippen molar-refractivity contribution in [3.63, 3.8) is 0 Å². The van der Waals surface area contributed by atoms with E-state index < -0.39 is 5.97 Å². The lowest BCUT2D eigenvalue weighted by atomic mass is 10.1. The molecule has 1 N–H and O–H groups in total. The Morgan fingerprint density at radius 1 is 1.11 bits per heavy atom. The maximum absolute atomic E-state index is 10.7. The number of aromatic carboxylic acids is 1. The SMILES string of the molecule is O=C(O)c1ccc(COc2ccccc2I)cc1.